The second-order valence-electron chi connectivity index (χ2n) is 16.7. The Bertz CT molecular complexity index is 1700. The number of hydrogen-bond donors (Lipinski definition) is 0. The van der Waals surface area contributed by atoms with E-state index in [1.807, 2.05) is 119 Å². The third kappa shape index (κ3) is 10.0. The molecule has 0 N–H and O–H groups in total. The highest BCUT2D eigenvalue weighted by atomic mass is 16.9. The maximum atomic E-state index is 13.8. The Labute approximate surface area is 329 Å². The van der Waals surface area contributed by atoms with Crippen LogP contribution in [0.15, 0.2) is 91.0 Å². The van der Waals surface area contributed by atoms with Crippen LogP contribution in [-0.2, 0) is 76.7 Å². The fraction of sp³-hybridized carbons (Fsp3) is 0.568. The van der Waals surface area contributed by atoms with Gasteiger partial charge in [0.05, 0.1) is 38.4 Å². The normalized spacial score (nSPS) is 32.1. The first kappa shape index (κ1) is 40.9. The van der Waals surface area contributed by atoms with Crippen LogP contribution in [0.3, 0.4) is 0 Å². The molecule has 4 fully saturated rings. The number of benzene rings is 3. The zero-order valence-corrected chi connectivity index (χ0v) is 33.4. The van der Waals surface area contributed by atoms with E-state index in [1.54, 1.807) is 20.8 Å². The van der Waals surface area contributed by atoms with Crippen molar-refractivity contribution in [2.75, 3.05) is 13.2 Å². The Morgan fingerprint density at radius 3 is 1.68 bits per heavy atom. The van der Waals surface area contributed by atoms with Crippen LogP contribution in [0.4, 0.5) is 0 Å². The first-order chi connectivity index (χ1) is 26.7. The Kier molecular flexibility index (Phi) is 12.6. The predicted molar refractivity (Wildman–Crippen MR) is 203 cm³/mol. The summed E-state index contributed by atoms with van der Waals surface area (Å²) in [5, 5.41) is 0. The highest BCUT2D eigenvalue weighted by molar-refractivity contribution is 5.75. The van der Waals surface area contributed by atoms with Crippen molar-refractivity contribution < 1.29 is 56.9 Å². The standard InChI is InChI=1S/C44H56O12/c1-42(2,3)41(45)52-37-35(48-25-30-21-15-10-16-22-30)33(47-24-29-19-13-9-14-20-29)31(26-46-23-28-17-11-8-12-18-28)50-39(37)49-27-32-34-36(54-43(4,5)53-34)38-40(51-32)56-44(6,7)55-38/h8-22,31-40H,23-27H2,1-7H3/t31?,32?,33-,34+,35?,36?,37?,38?,39-,40-/m1/s1. The Hall–Kier alpha value is -3.27. The Morgan fingerprint density at radius 1 is 0.571 bits per heavy atom. The number of ether oxygens (including phenoxy) is 11. The number of carbonyl (C=O) groups excluding carboxylic acids is 1. The number of carbonyl (C=O) groups is 1. The minimum Gasteiger partial charge on any atom is -0.454 e. The van der Waals surface area contributed by atoms with E-state index < -0.39 is 84.4 Å². The van der Waals surface area contributed by atoms with Crippen LogP contribution < -0.4 is 0 Å². The molecule has 4 aliphatic rings. The van der Waals surface area contributed by atoms with Crippen molar-refractivity contribution in [2.24, 2.45) is 5.41 Å². The van der Waals surface area contributed by atoms with Gasteiger partial charge in [0.1, 0.15) is 42.7 Å². The molecule has 0 amide bonds. The van der Waals surface area contributed by atoms with Gasteiger partial charge in [-0.15, -0.1) is 0 Å². The van der Waals surface area contributed by atoms with Gasteiger partial charge in [-0.05, 0) is 65.2 Å². The number of rotatable bonds is 14. The lowest BCUT2D eigenvalue weighted by molar-refractivity contribution is -0.331. The molecule has 12 nitrogen and oxygen atoms in total. The third-order valence-electron chi connectivity index (χ3n) is 10.1. The van der Waals surface area contributed by atoms with Crippen LogP contribution in [0.25, 0.3) is 0 Å². The molecule has 3 aromatic rings. The highest BCUT2D eigenvalue weighted by Crippen LogP contribution is 2.44. The van der Waals surface area contributed by atoms with Crippen molar-refractivity contribution in [3.8, 4) is 0 Å². The number of hydrogen-bond acceptors (Lipinski definition) is 12. The summed E-state index contributed by atoms with van der Waals surface area (Å²) in [6, 6.07) is 29.6. The van der Waals surface area contributed by atoms with E-state index in [2.05, 4.69) is 0 Å². The first-order valence-electron chi connectivity index (χ1n) is 19.5. The van der Waals surface area contributed by atoms with E-state index in [9.17, 15) is 4.79 Å². The van der Waals surface area contributed by atoms with Crippen LogP contribution in [0.2, 0.25) is 0 Å². The summed E-state index contributed by atoms with van der Waals surface area (Å²) in [7, 11) is 0. The molecule has 4 heterocycles. The first-order valence-corrected chi connectivity index (χ1v) is 19.5. The molecule has 304 valence electrons. The molecule has 0 aromatic heterocycles. The van der Waals surface area contributed by atoms with Gasteiger partial charge in [-0.1, -0.05) is 91.0 Å². The second kappa shape index (κ2) is 17.3. The van der Waals surface area contributed by atoms with Crippen molar-refractivity contribution in [1.29, 1.82) is 0 Å². The van der Waals surface area contributed by atoms with Gasteiger partial charge in [-0.25, -0.2) is 0 Å². The van der Waals surface area contributed by atoms with E-state index in [0.29, 0.717) is 6.61 Å². The van der Waals surface area contributed by atoms with E-state index in [4.69, 9.17) is 52.1 Å². The molecule has 4 saturated heterocycles. The van der Waals surface area contributed by atoms with Crippen LogP contribution in [0, 0.1) is 5.41 Å². The van der Waals surface area contributed by atoms with Gasteiger partial charge < -0.3 is 52.1 Å². The minimum absolute atomic E-state index is 0.0135. The van der Waals surface area contributed by atoms with E-state index >= 15 is 0 Å². The van der Waals surface area contributed by atoms with Gasteiger partial charge in [-0.2, -0.15) is 0 Å². The highest BCUT2D eigenvalue weighted by Gasteiger charge is 2.61. The van der Waals surface area contributed by atoms with Crippen molar-refractivity contribution >= 4 is 5.97 Å². The SMILES string of the molecule is CC1(C)OC2C3OC(C)(C)O[C@H]3C(CO[C@@H]3OC(COCc4ccccc4)[C@@H](OCc4ccccc4)C(OCc4ccccc4)C3OC(=O)C(C)(C)C)O[C@@H]2O1. The maximum Gasteiger partial charge on any atom is 0.311 e. The van der Waals surface area contributed by atoms with E-state index in [1.165, 1.54) is 0 Å². The summed E-state index contributed by atoms with van der Waals surface area (Å²) >= 11 is 0. The second-order valence-corrected chi connectivity index (χ2v) is 16.7. The third-order valence-corrected chi connectivity index (χ3v) is 10.1. The molecule has 0 aliphatic carbocycles. The summed E-state index contributed by atoms with van der Waals surface area (Å²) < 4.78 is 71.1. The number of fused-ring (bicyclic) bond motifs is 3. The smallest absolute Gasteiger partial charge is 0.311 e. The summed E-state index contributed by atoms with van der Waals surface area (Å²) in [6.07, 6.45) is -7.30. The summed E-state index contributed by atoms with van der Waals surface area (Å²) in [6.45, 7) is 13.7. The summed E-state index contributed by atoms with van der Waals surface area (Å²) in [5.74, 6) is -2.22. The quantitative estimate of drug-likeness (QED) is 0.167. The Morgan fingerprint density at radius 2 is 1.09 bits per heavy atom. The van der Waals surface area contributed by atoms with Crippen LogP contribution in [-0.4, -0.2) is 92.2 Å². The molecule has 12 heteroatoms. The molecule has 0 radical (unpaired) electrons. The molecule has 4 aliphatic heterocycles. The minimum atomic E-state index is -1.11. The van der Waals surface area contributed by atoms with Gasteiger partial charge in [0, 0.05) is 0 Å². The van der Waals surface area contributed by atoms with Gasteiger partial charge in [-0.3, -0.25) is 4.79 Å². The molecule has 10 atom stereocenters. The predicted octanol–water partition coefficient (Wildman–Crippen LogP) is 6.47. The molecule has 6 unspecified atom stereocenters. The number of esters is 1. The lowest BCUT2D eigenvalue weighted by Gasteiger charge is -2.46. The fourth-order valence-corrected chi connectivity index (χ4v) is 7.38. The van der Waals surface area contributed by atoms with Crippen molar-refractivity contribution in [1.82, 2.24) is 0 Å². The van der Waals surface area contributed by atoms with Crippen molar-refractivity contribution in [2.45, 2.75) is 141 Å². The van der Waals surface area contributed by atoms with E-state index in [-0.39, 0.29) is 26.4 Å². The van der Waals surface area contributed by atoms with Gasteiger partial charge in [0.2, 0.25) is 0 Å². The molecule has 0 bridgehead atoms. The lowest BCUT2D eigenvalue weighted by Crippen LogP contribution is -2.63. The molecule has 0 saturated carbocycles. The molecule has 7 rings (SSSR count). The summed E-state index contributed by atoms with van der Waals surface area (Å²) in [5.41, 5.74) is 2.07. The lowest BCUT2D eigenvalue weighted by atomic mass is 9.95. The maximum absolute atomic E-state index is 13.8. The van der Waals surface area contributed by atoms with Crippen LogP contribution >= 0.6 is 0 Å². The zero-order chi connectivity index (χ0) is 39.5. The topological polar surface area (TPSA) is 119 Å². The van der Waals surface area contributed by atoms with Crippen LogP contribution in [0.1, 0.15) is 65.2 Å². The Balaban J connectivity index is 1.19. The average Bonchev–Trinajstić information content (AvgIpc) is 3.67. The molecular formula is C44H56O12. The molecule has 56 heavy (non-hydrogen) atoms. The molecular weight excluding hydrogens is 720 g/mol. The van der Waals surface area contributed by atoms with Crippen LogP contribution in [0.5, 0.6) is 0 Å². The largest absolute Gasteiger partial charge is 0.454 e. The van der Waals surface area contributed by atoms with Crippen molar-refractivity contribution in [3.63, 3.8) is 0 Å². The van der Waals surface area contributed by atoms with Crippen molar-refractivity contribution in [3.05, 3.63) is 108 Å². The zero-order valence-electron chi connectivity index (χ0n) is 33.4. The van der Waals surface area contributed by atoms with E-state index in [0.717, 1.165) is 16.7 Å². The monoisotopic (exact) mass is 776 g/mol. The fourth-order valence-electron chi connectivity index (χ4n) is 7.38. The van der Waals surface area contributed by atoms with Gasteiger partial charge >= 0.3 is 5.97 Å². The molecule has 0 spiro atoms. The average molecular weight is 777 g/mol. The van der Waals surface area contributed by atoms with Gasteiger partial charge in [0.25, 0.3) is 0 Å². The molecule has 3 aromatic carbocycles. The van der Waals surface area contributed by atoms with Gasteiger partial charge in [0.15, 0.2) is 30.3 Å². The summed E-state index contributed by atoms with van der Waals surface area (Å²) in [4.78, 5) is 13.8.